The quantitative estimate of drug-likeness (QED) is 0.407. The highest BCUT2D eigenvalue weighted by Gasteiger charge is 2.47. The lowest BCUT2D eigenvalue weighted by Gasteiger charge is -2.30. The Balaban J connectivity index is 1.37. The molecule has 1 amide bonds. The van der Waals surface area contributed by atoms with E-state index < -0.39 is 39.0 Å². The smallest absolute Gasteiger partial charge is 0.417 e. The van der Waals surface area contributed by atoms with Gasteiger partial charge in [0, 0.05) is 48.6 Å². The van der Waals surface area contributed by atoms with Gasteiger partial charge in [-0.2, -0.15) is 18.4 Å². The zero-order chi connectivity index (χ0) is 30.4. The lowest BCUT2D eigenvalue weighted by atomic mass is 9.76. The van der Waals surface area contributed by atoms with Gasteiger partial charge in [0.2, 0.25) is 11.8 Å². The fraction of sp³-hybridized carbons (Fsp3) is 0.467. The van der Waals surface area contributed by atoms with Crippen LogP contribution in [0.2, 0.25) is 0 Å². The van der Waals surface area contributed by atoms with Crippen LogP contribution in [0.4, 0.5) is 18.9 Å². The van der Waals surface area contributed by atoms with Crippen molar-refractivity contribution in [2.45, 2.75) is 56.2 Å². The Morgan fingerprint density at radius 2 is 1.77 bits per heavy atom. The summed E-state index contributed by atoms with van der Waals surface area (Å²) >= 11 is 0. The Morgan fingerprint density at radius 1 is 1.07 bits per heavy atom. The second-order valence-electron chi connectivity index (χ2n) is 11.6. The number of nitriles is 1. The number of hydrogen-bond acceptors (Lipinski definition) is 8. The topological polar surface area (TPSA) is 129 Å². The third-order valence-electron chi connectivity index (χ3n) is 8.58. The average Bonchev–Trinajstić information content (AvgIpc) is 3.63. The predicted molar refractivity (Wildman–Crippen MR) is 151 cm³/mol. The number of nitrogens with one attached hydrogen (secondary N) is 1. The number of aromatic nitrogens is 2. The second-order valence-corrected chi connectivity index (χ2v) is 13.9. The minimum atomic E-state index is -4.60. The molecule has 0 bridgehead atoms. The number of oxazole rings is 1. The average molecular weight is 614 g/mol. The molecule has 1 aliphatic heterocycles. The van der Waals surface area contributed by atoms with E-state index in [9.17, 15) is 31.6 Å². The van der Waals surface area contributed by atoms with Crippen molar-refractivity contribution >= 4 is 21.4 Å². The summed E-state index contributed by atoms with van der Waals surface area (Å²) in [6.45, 7) is 0.763. The molecule has 3 fully saturated rings. The van der Waals surface area contributed by atoms with E-state index in [1.807, 2.05) is 29.2 Å². The molecule has 2 aliphatic carbocycles. The van der Waals surface area contributed by atoms with Gasteiger partial charge in [-0.1, -0.05) is 25.0 Å². The number of amides is 1. The van der Waals surface area contributed by atoms with Crippen LogP contribution >= 0.6 is 0 Å². The summed E-state index contributed by atoms with van der Waals surface area (Å²) in [6, 6.07) is 10.5. The first-order chi connectivity index (χ1) is 20.5. The third kappa shape index (κ3) is 6.11. The summed E-state index contributed by atoms with van der Waals surface area (Å²) < 4.78 is 70.4. The van der Waals surface area contributed by atoms with E-state index in [1.165, 1.54) is 6.20 Å². The van der Waals surface area contributed by atoms with Crippen LogP contribution in [0.15, 0.2) is 47.1 Å². The first kappa shape index (κ1) is 29.2. The Morgan fingerprint density at radius 3 is 2.42 bits per heavy atom. The number of carbonyl (C=O) groups is 1. The number of carbonyl (C=O) groups excluding carboxylic acids is 1. The Bertz CT molecular complexity index is 1660. The Hall–Kier alpha value is -3.92. The lowest BCUT2D eigenvalue weighted by molar-refractivity contribution is -0.137. The fourth-order valence-electron chi connectivity index (χ4n) is 5.90. The number of hydrogen-bond donors (Lipinski definition) is 1. The molecular weight excluding hydrogens is 583 g/mol. The van der Waals surface area contributed by atoms with Crippen molar-refractivity contribution in [2.24, 2.45) is 5.92 Å². The number of sulfone groups is 1. The van der Waals surface area contributed by atoms with Crippen molar-refractivity contribution in [2.75, 3.05) is 29.5 Å². The number of anilines is 1. The van der Waals surface area contributed by atoms with E-state index in [-0.39, 0.29) is 28.9 Å². The maximum atomic E-state index is 13.5. The molecule has 3 aliphatic rings. The molecule has 1 N–H and O–H groups in total. The van der Waals surface area contributed by atoms with Gasteiger partial charge in [0.05, 0.1) is 28.7 Å². The van der Waals surface area contributed by atoms with Gasteiger partial charge in [-0.25, -0.2) is 13.4 Å². The zero-order valence-electron chi connectivity index (χ0n) is 23.2. The normalized spacial score (nSPS) is 22.9. The molecule has 2 unspecified atom stereocenters. The molecule has 0 spiro atoms. The summed E-state index contributed by atoms with van der Waals surface area (Å²) in [5.41, 5.74) is 0.214. The largest absolute Gasteiger partial charge is 0.440 e. The van der Waals surface area contributed by atoms with E-state index in [0.717, 1.165) is 30.8 Å². The minimum Gasteiger partial charge on any atom is -0.440 e. The summed E-state index contributed by atoms with van der Waals surface area (Å²) in [5, 5.41) is 12.4. The number of benzene rings is 1. The van der Waals surface area contributed by atoms with Crippen molar-refractivity contribution in [1.29, 1.82) is 5.26 Å². The molecule has 6 rings (SSSR count). The van der Waals surface area contributed by atoms with E-state index in [4.69, 9.17) is 4.42 Å². The van der Waals surface area contributed by atoms with E-state index in [0.29, 0.717) is 55.8 Å². The van der Waals surface area contributed by atoms with Gasteiger partial charge in [-0.15, -0.1) is 0 Å². The van der Waals surface area contributed by atoms with Gasteiger partial charge in [-0.3, -0.25) is 9.78 Å². The highest BCUT2D eigenvalue weighted by molar-refractivity contribution is 7.91. The van der Waals surface area contributed by atoms with Crippen molar-refractivity contribution in [1.82, 2.24) is 15.3 Å². The van der Waals surface area contributed by atoms with E-state index in [2.05, 4.69) is 21.4 Å². The summed E-state index contributed by atoms with van der Waals surface area (Å²) in [7, 11) is -3.04. The van der Waals surface area contributed by atoms with Crippen molar-refractivity contribution in [3.05, 3.63) is 54.0 Å². The Labute approximate surface area is 247 Å². The second kappa shape index (κ2) is 11.0. The molecule has 9 nitrogen and oxygen atoms in total. The molecule has 3 heterocycles. The first-order valence-electron chi connectivity index (χ1n) is 14.3. The van der Waals surface area contributed by atoms with Crippen molar-refractivity contribution in [3.8, 4) is 28.8 Å². The molecule has 43 heavy (non-hydrogen) atoms. The number of alkyl halides is 3. The standard InChI is InChI=1S/C30H30F3N5O4S/c31-30(32,33)21-15-20(16-35-17-21)28-36-25(19-5-7-22(8-6-19)38-11-13-43(40,41)14-12-38)26(42-28)23-3-1-2-4-24(23)27(39)37-29(18-34)9-10-29/h5-8,15-17,23-24H,1-4,9-14H2,(H,37,39). The third-order valence-corrected chi connectivity index (χ3v) is 10.2. The van der Waals surface area contributed by atoms with Gasteiger partial charge in [0.1, 0.15) is 17.0 Å². The molecule has 2 atom stereocenters. The number of pyridine rings is 1. The van der Waals surface area contributed by atoms with Crippen LogP contribution in [0.1, 0.15) is 55.8 Å². The maximum Gasteiger partial charge on any atom is 0.417 e. The molecule has 0 radical (unpaired) electrons. The van der Waals surface area contributed by atoms with Crippen LogP contribution < -0.4 is 10.2 Å². The highest BCUT2D eigenvalue weighted by Crippen LogP contribution is 2.45. The van der Waals surface area contributed by atoms with Gasteiger partial charge < -0.3 is 14.6 Å². The molecule has 1 aromatic carbocycles. The Kier molecular flexibility index (Phi) is 7.44. The van der Waals surface area contributed by atoms with E-state index in [1.54, 1.807) is 0 Å². The number of nitrogens with zero attached hydrogens (tertiary/aromatic N) is 4. The molecule has 2 aromatic heterocycles. The molecule has 2 saturated carbocycles. The van der Waals surface area contributed by atoms with Gasteiger partial charge in [0.25, 0.3) is 0 Å². The summed E-state index contributed by atoms with van der Waals surface area (Å²) in [6.07, 6.45) is 1.44. The SMILES string of the molecule is N#CC1(NC(=O)C2CCCCC2c2oc(-c3cncc(C(F)(F)F)c3)nc2-c2ccc(N3CCS(=O)(=O)CC3)cc2)CC1. The van der Waals surface area contributed by atoms with Crippen molar-refractivity contribution < 1.29 is 30.8 Å². The highest BCUT2D eigenvalue weighted by atomic mass is 32.2. The van der Waals surface area contributed by atoms with Crippen LogP contribution in [-0.4, -0.2) is 54.4 Å². The molecule has 1 saturated heterocycles. The van der Waals surface area contributed by atoms with E-state index >= 15 is 0 Å². The van der Waals surface area contributed by atoms with Crippen LogP contribution in [0.3, 0.4) is 0 Å². The van der Waals surface area contributed by atoms with Gasteiger partial charge >= 0.3 is 6.18 Å². The van der Waals surface area contributed by atoms with Gasteiger partial charge in [-0.05, 0) is 43.9 Å². The maximum absolute atomic E-state index is 13.5. The monoisotopic (exact) mass is 613 g/mol. The first-order valence-corrected chi connectivity index (χ1v) is 16.1. The minimum absolute atomic E-state index is 0.0330. The molecule has 3 aromatic rings. The lowest BCUT2D eigenvalue weighted by Crippen LogP contribution is -2.42. The van der Waals surface area contributed by atoms with Crippen molar-refractivity contribution in [3.63, 3.8) is 0 Å². The van der Waals surface area contributed by atoms with Gasteiger partial charge in [0.15, 0.2) is 9.84 Å². The molecule has 226 valence electrons. The van der Waals surface area contributed by atoms with Crippen LogP contribution in [0.25, 0.3) is 22.7 Å². The molecule has 13 heteroatoms. The summed E-state index contributed by atoms with van der Waals surface area (Å²) in [4.78, 5) is 23.8. The summed E-state index contributed by atoms with van der Waals surface area (Å²) in [5.74, 6) is -0.591. The van der Waals surface area contributed by atoms with Crippen LogP contribution in [0.5, 0.6) is 0 Å². The molecular formula is C30H30F3N5O4S. The van der Waals surface area contributed by atoms with Crippen LogP contribution in [0, 0.1) is 17.2 Å². The number of rotatable bonds is 6. The number of halogens is 3. The zero-order valence-corrected chi connectivity index (χ0v) is 24.0. The fourth-order valence-corrected chi connectivity index (χ4v) is 7.10. The van der Waals surface area contributed by atoms with Crippen LogP contribution in [-0.2, 0) is 20.8 Å². The predicted octanol–water partition coefficient (Wildman–Crippen LogP) is 5.10.